The smallest absolute Gasteiger partial charge is 0.167 e. The molecule has 1 nitrogen and oxygen atoms in total. The molecule has 4 atom stereocenters. The molecule has 0 amide bonds. The van der Waals surface area contributed by atoms with Crippen molar-refractivity contribution in [2.24, 2.45) is 17.8 Å². The van der Waals surface area contributed by atoms with Crippen LogP contribution in [0.2, 0.25) is 0 Å². The molecule has 0 radical (unpaired) electrons. The number of hydrogen-bond acceptors (Lipinski definition) is 1. The molecule has 1 fully saturated rings. The van der Waals surface area contributed by atoms with Gasteiger partial charge in [-0.15, -0.1) is 0 Å². The van der Waals surface area contributed by atoms with Crippen LogP contribution >= 0.6 is 0 Å². The van der Waals surface area contributed by atoms with E-state index in [1.165, 1.54) is 12.0 Å². The third-order valence-electron chi connectivity index (χ3n) is 4.35. The molecule has 1 saturated carbocycles. The van der Waals surface area contributed by atoms with E-state index in [1.807, 2.05) is 12.1 Å². The summed E-state index contributed by atoms with van der Waals surface area (Å²) >= 11 is 0. The zero-order chi connectivity index (χ0) is 9.99. The van der Waals surface area contributed by atoms with E-state index in [4.69, 9.17) is 0 Å². The summed E-state index contributed by atoms with van der Waals surface area (Å²) in [5.41, 5.74) is 2.30. The number of ketones is 1. The number of hydrogen-bond donors (Lipinski definition) is 0. The van der Waals surface area contributed by atoms with Crippen LogP contribution in [-0.4, -0.2) is 5.78 Å². The maximum Gasteiger partial charge on any atom is 0.167 e. The van der Waals surface area contributed by atoms with Crippen LogP contribution in [0.25, 0.3) is 0 Å². The average molecular weight is 196 g/mol. The lowest BCUT2D eigenvalue weighted by Crippen LogP contribution is -2.18. The minimum atomic E-state index is 0.275. The van der Waals surface area contributed by atoms with Crippen molar-refractivity contribution in [3.63, 3.8) is 0 Å². The first-order valence-electron chi connectivity index (χ1n) is 5.68. The van der Waals surface area contributed by atoms with Crippen LogP contribution in [0.5, 0.6) is 0 Å². The molecule has 0 spiro atoms. The summed E-state index contributed by atoms with van der Waals surface area (Å²) in [5, 5.41) is 0. The molecule has 0 aliphatic heterocycles. The normalized spacial score (nSPS) is 39.6. The van der Waals surface area contributed by atoms with Gasteiger partial charge in [-0.2, -0.15) is 0 Å². The van der Waals surface area contributed by atoms with Crippen molar-refractivity contribution in [2.75, 3.05) is 0 Å². The SMILES string of the molecule is O=C1c2ccccc2C2C1[C@@H]1C=C[C@H]2C1. The number of rotatable bonds is 0. The Kier molecular flexibility index (Phi) is 1.26. The highest BCUT2D eigenvalue weighted by Crippen LogP contribution is 2.58. The second-order valence-electron chi connectivity index (χ2n) is 4.95. The zero-order valence-electron chi connectivity index (χ0n) is 8.39. The Balaban J connectivity index is 1.96. The fourth-order valence-electron chi connectivity index (χ4n) is 3.80. The average Bonchev–Trinajstić information content (AvgIpc) is 2.92. The first-order chi connectivity index (χ1) is 7.36. The highest BCUT2D eigenvalue weighted by Gasteiger charge is 2.53. The Morgan fingerprint density at radius 3 is 2.60 bits per heavy atom. The lowest BCUT2D eigenvalue weighted by atomic mass is 9.83. The van der Waals surface area contributed by atoms with Crippen LogP contribution in [0.15, 0.2) is 36.4 Å². The topological polar surface area (TPSA) is 17.1 Å². The van der Waals surface area contributed by atoms with Crippen LogP contribution in [0.4, 0.5) is 0 Å². The molecular weight excluding hydrogens is 184 g/mol. The number of fused-ring (bicyclic) bond motifs is 7. The molecule has 74 valence electrons. The lowest BCUT2D eigenvalue weighted by molar-refractivity contribution is 0.0911. The molecular formula is C14H12O. The van der Waals surface area contributed by atoms with Crippen molar-refractivity contribution >= 4 is 5.78 Å². The fourth-order valence-corrected chi connectivity index (χ4v) is 3.80. The maximum atomic E-state index is 12.2. The molecule has 0 N–H and O–H groups in total. The van der Waals surface area contributed by atoms with Gasteiger partial charge in [0.25, 0.3) is 0 Å². The van der Waals surface area contributed by atoms with Crippen molar-refractivity contribution in [3.8, 4) is 0 Å². The van der Waals surface area contributed by atoms with E-state index in [1.54, 1.807) is 0 Å². The fraction of sp³-hybridized carbons (Fsp3) is 0.357. The first kappa shape index (κ1) is 7.86. The molecule has 0 aromatic heterocycles. The van der Waals surface area contributed by atoms with Crippen LogP contribution in [-0.2, 0) is 0 Å². The van der Waals surface area contributed by atoms with Gasteiger partial charge in [0.1, 0.15) is 0 Å². The Hall–Kier alpha value is -1.37. The van der Waals surface area contributed by atoms with E-state index in [9.17, 15) is 4.79 Å². The molecule has 4 rings (SSSR count). The molecule has 3 aliphatic rings. The standard InChI is InChI=1S/C14H12O/c15-14-11-4-2-1-3-10(11)12-8-5-6-9(7-8)13(12)14/h1-6,8-9,12-13H,7H2/t8-,9+,12?,13?/m0/s1. The van der Waals surface area contributed by atoms with Gasteiger partial charge in [0.15, 0.2) is 5.78 Å². The van der Waals surface area contributed by atoms with Gasteiger partial charge >= 0.3 is 0 Å². The Labute approximate surface area is 88.8 Å². The van der Waals surface area contributed by atoms with E-state index in [-0.39, 0.29) is 5.92 Å². The van der Waals surface area contributed by atoms with Crippen molar-refractivity contribution in [3.05, 3.63) is 47.5 Å². The molecule has 2 unspecified atom stereocenters. The molecule has 2 bridgehead atoms. The summed E-state index contributed by atoms with van der Waals surface area (Å²) in [6.07, 6.45) is 5.78. The van der Waals surface area contributed by atoms with Gasteiger partial charge in [-0.25, -0.2) is 0 Å². The number of benzene rings is 1. The number of carbonyl (C=O) groups is 1. The quantitative estimate of drug-likeness (QED) is 0.583. The summed E-state index contributed by atoms with van der Waals surface area (Å²) in [5.74, 6) is 2.33. The van der Waals surface area contributed by atoms with E-state index in [0.717, 1.165) is 5.56 Å². The molecule has 1 aromatic carbocycles. The summed E-state index contributed by atoms with van der Waals surface area (Å²) in [4.78, 5) is 12.2. The van der Waals surface area contributed by atoms with E-state index >= 15 is 0 Å². The molecule has 1 aromatic rings. The summed E-state index contributed by atoms with van der Waals surface area (Å²) in [6.45, 7) is 0. The maximum absolute atomic E-state index is 12.2. The zero-order valence-corrected chi connectivity index (χ0v) is 8.39. The largest absolute Gasteiger partial charge is 0.294 e. The summed E-state index contributed by atoms with van der Waals surface area (Å²) in [6, 6.07) is 8.18. The van der Waals surface area contributed by atoms with E-state index in [2.05, 4.69) is 24.3 Å². The van der Waals surface area contributed by atoms with Crippen LogP contribution < -0.4 is 0 Å². The van der Waals surface area contributed by atoms with Crippen LogP contribution in [0, 0.1) is 17.8 Å². The Morgan fingerprint density at radius 1 is 1.00 bits per heavy atom. The van der Waals surface area contributed by atoms with E-state index in [0.29, 0.717) is 23.5 Å². The summed E-state index contributed by atoms with van der Waals surface area (Å²) < 4.78 is 0. The Morgan fingerprint density at radius 2 is 1.73 bits per heavy atom. The first-order valence-corrected chi connectivity index (χ1v) is 5.68. The molecule has 0 saturated heterocycles. The van der Waals surface area contributed by atoms with Gasteiger partial charge in [0.05, 0.1) is 0 Å². The van der Waals surface area contributed by atoms with Gasteiger partial charge in [0, 0.05) is 17.4 Å². The highest BCUT2D eigenvalue weighted by atomic mass is 16.1. The van der Waals surface area contributed by atoms with Gasteiger partial charge in [-0.1, -0.05) is 36.4 Å². The third-order valence-corrected chi connectivity index (χ3v) is 4.35. The molecule has 0 heterocycles. The van der Waals surface area contributed by atoms with Crippen molar-refractivity contribution in [1.82, 2.24) is 0 Å². The van der Waals surface area contributed by atoms with Crippen LogP contribution in [0.1, 0.15) is 28.3 Å². The highest BCUT2D eigenvalue weighted by molar-refractivity contribution is 6.04. The molecule has 3 aliphatic carbocycles. The Bertz CT molecular complexity index is 486. The van der Waals surface area contributed by atoms with Crippen LogP contribution in [0.3, 0.4) is 0 Å². The lowest BCUT2D eigenvalue weighted by Gasteiger charge is -2.19. The second-order valence-corrected chi connectivity index (χ2v) is 4.95. The number of allylic oxidation sites excluding steroid dienone is 2. The van der Waals surface area contributed by atoms with Gasteiger partial charge in [-0.3, -0.25) is 4.79 Å². The molecule has 1 heteroatoms. The van der Waals surface area contributed by atoms with E-state index < -0.39 is 0 Å². The predicted octanol–water partition coefficient (Wildman–Crippen LogP) is 2.79. The number of Topliss-reactive ketones (excluding diaryl/α,β-unsaturated/α-hetero) is 1. The molecule has 15 heavy (non-hydrogen) atoms. The number of carbonyl (C=O) groups excluding carboxylic acids is 1. The van der Waals surface area contributed by atoms with Gasteiger partial charge < -0.3 is 0 Å². The predicted molar refractivity (Wildman–Crippen MR) is 57.7 cm³/mol. The van der Waals surface area contributed by atoms with Crippen molar-refractivity contribution in [1.29, 1.82) is 0 Å². The third kappa shape index (κ3) is 0.785. The summed E-state index contributed by atoms with van der Waals surface area (Å²) in [7, 11) is 0. The van der Waals surface area contributed by atoms with Crippen molar-refractivity contribution in [2.45, 2.75) is 12.3 Å². The monoisotopic (exact) mass is 196 g/mol. The van der Waals surface area contributed by atoms with Gasteiger partial charge in [-0.05, 0) is 23.8 Å². The van der Waals surface area contributed by atoms with Gasteiger partial charge in [0.2, 0.25) is 0 Å². The minimum Gasteiger partial charge on any atom is -0.294 e. The minimum absolute atomic E-state index is 0.275. The van der Waals surface area contributed by atoms with Crippen molar-refractivity contribution < 1.29 is 4.79 Å². The second kappa shape index (κ2) is 2.41.